The van der Waals surface area contributed by atoms with Crippen molar-refractivity contribution in [3.8, 4) is 5.75 Å². The van der Waals surface area contributed by atoms with Crippen LogP contribution < -0.4 is 10.1 Å². The third-order valence-corrected chi connectivity index (χ3v) is 4.61. The molecule has 1 N–H and O–H groups in total. The summed E-state index contributed by atoms with van der Waals surface area (Å²) in [6.07, 6.45) is 0. The number of methoxy groups -OCH3 is 1. The molecule has 118 valence electrons. The van der Waals surface area contributed by atoms with Crippen LogP contribution in [0.15, 0.2) is 24.3 Å². The van der Waals surface area contributed by atoms with Gasteiger partial charge in [-0.15, -0.1) is 0 Å². The lowest BCUT2D eigenvalue weighted by Crippen LogP contribution is -2.59. The molecule has 21 heavy (non-hydrogen) atoms. The molecule has 0 aromatic heterocycles. The molecule has 2 unspecified atom stereocenters. The minimum absolute atomic E-state index is 0.596. The van der Waals surface area contributed by atoms with Crippen LogP contribution in [0.3, 0.4) is 0 Å². The normalized spacial score (nSPS) is 23.8. The highest BCUT2D eigenvalue weighted by atomic mass is 16.5. The first-order valence-corrected chi connectivity index (χ1v) is 8.11. The van der Waals surface area contributed by atoms with E-state index < -0.39 is 0 Å². The zero-order valence-corrected chi connectivity index (χ0v) is 14.1. The summed E-state index contributed by atoms with van der Waals surface area (Å²) >= 11 is 0. The van der Waals surface area contributed by atoms with Crippen LogP contribution in [0.5, 0.6) is 5.75 Å². The van der Waals surface area contributed by atoms with Gasteiger partial charge in [0.25, 0.3) is 0 Å². The van der Waals surface area contributed by atoms with Gasteiger partial charge in [-0.25, -0.2) is 0 Å². The monoisotopic (exact) mass is 290 g/mol. The fourth-order valence-electron chi connectivity index (χ4n) is 3.10. The van der Waals surface area contributed by atoms with Gasteiger partial charge >= 0.3 is 0 Å². The van der Waals surface area contributed by atoms with Gasteiger partial charge in [-0.2, -0.15) is 0 Å². The molecule has 3 heteroatoms. The van der Waals surface area contributed by atoms with Crippen LogP contribution in [0.25, 0.3) is 0 Å². The first-order chi connectivity index (χ1) is 10.0. The van der Waals surface area contributed by atoms with Crippen molar-refractivity contribution in [2.24, 2.45) is 11.8 Å². The molecule has 0 aliphatic carbocycles. The predicted molar refractivity (Wildman–Crippen MR) is 88.7 cm³/mol. The van der Waals surface area contributed by atoms with Crippen molar-refractivity contribution in [1.82, 2.24) is 10.2 Å². The average Bonchev–Trinajstić information content (AvgIpc) is 2.47. The summed E-state index contributed by atoms with van der Waals surface area (Å²) in [7, 11) is 1.72. The van der Waals surface area contributed by atoms with Gasteiger partial charge in [-0.1, -0.05) is 39.8 Å². The zero-order chi connectivity index (χ0) is 15.4. The molecule has 3 nitrogen and oxygen atoms in total. The Bertz CT molecular complexity index is 427. The van der Waals surface area contributed by atoms with Crippen LogP contribution >= 0.6 is 0 Å². The third kappa shape index (κ3) is 4.21. The van der Waals surface area contributed by atoms with Gasteiger partial charge in [0.05, 0.1) is 7.11 Å². The Morgan fingerprint density at radius 1 is 1.14 bits per heavy atom. The Morgan fingerprint density at radius 2 is 1.81 bits per heavy atom. The van der Waals surface area contributed by atoms with Gasteiger partial charge in [0, 0.05) is 31.7 Å². The molecule has 0 saturated carbocycles. The van der Waals surface area contributed by atoms with Crippen LogP contribution in [0.2, 0.25) is 0 Å². The van der Waals surface area contributed by atoms with E-state index in [0.717, 1.165) is 25.4 Å². The van der Waals surface area contributed by atoms with Crippen LogP contribution in [0, 0.1) is 11.8 Å². The first kappa shape index (κ1) is 16.3. The van der Waals surface area contributed by atoms with Crippen molar-refractivity contribution in [3.05, 3.63) is 29.8 Å². The maximum Gasteiger partial charge on any atom is 0.118 e. The van der Waals surface area contributed by atoms with E-state index in [2.05, 4.69) is 62.2 Å². The summed E-state index contributed by atoms with van der Waals surface area (Å²) in [6, 6.07) is 9.69. The fourth-order valence-corrected chi connectivity index (χ4v) is 3.10. The number of nitrogens with one attached hydrogen (secondary N) is 1. The number of nitrogens with zero attached hydrogens (tertiary/aromatic N) is 1. The summed E-state index contributed by atoms with van der Waals surface area (Å²) in [4.78, 5) is 2.65. The Morgan fingerprint density at radius 3 is 2.33 bits per heavy atom. The number of hydrogen-bond donors (Lipinski definition) is 1. The largest absolute Gasteiger partial charge is 0.497 e. The van der Waals surface area contributed by atoms with E-state index in [1.54, 1.807) is 7.11 Å². The van der Waals surface area contributed by atoms with Crippen LogP contribution in [-0.2, 0) is 6.54 Å². The van der Waals surface area contributed by atoms with Gasteiger partial charge in [-0.3, -0.25) is 4.90 Å². The van der Waals surface area contributed by atoms with Crippen molar-refractivity contribution in [2.45, 2.75) is 46.3 Å². The predicted octanol–water partition coefficient (Wildman–Crippen LogP) is 3.15. The molecule has 1 heterocycles. The third-order valence-electron chi connectivity index (χ3n) is 4.61. The molecule has 1 aliphatic heterocycles. The summed E-state index contributed by atoms with van der Waals surface area (Å²) in [6.45, 7) is 12.5. The van der Waals surface area contributed by atoms with E-state index in [0.29, 0.717) is 23.9 Å². The molecule has 1 aromatic rings. The summed E-state index contributed by atoms with van der Waals surface area (Å²) in [5.74, 6) is 2.28. The molecule has 1 fully saturated rings. The second-order valence-electron chi connectivity index (χ2n) is 6.85. The average molecular weight is 290 g/mol. The van der Waals surface area contributed by atoms with Gasteiger partial charge < -0.3 is 10.1 Å². The molecule has 2 atom stereocenters. The van der Waals surface area contributed by atoms with Crippen LogP contribution in [0.4, 0.5) is 0 Å². The van der Waals surface area contributed by atoms with Crippen molar-refractivity contribution in [3.63, 3.8) is 0 Å². The molecule has 1 aromatic carbocycles. The SMILES string of the molecule is COc1ccc(CN2CC(C(C)C)NCC2C(C)C)cc1. The number of ether oxygens (including phenoxy) is 1. The molecule has 2 rings (SSSR count). The number of piperazine rings is 1. The Kier molecular flexibility index (Phi) is 5.65. The van der Waals surface area contributed by atoms with E-state index in [1.165, 1.54) is 5.56 Å². The van der Waals surface area contributed by atoms with E-state index >= 15 is 0 Å². The molecule has 0 bridgehead atoms. The number of benzene rings is 1. The molecule has 0 amide bonds. The summed E-state index contributed by atoms with van der Waals surface area (Å²) < 4.78 is 5.24. The Hall–Kier alpha value is -1.06. The van der Waals surface area contributed by atoms with Crippen molar-refractivity contribution in [2.75, 3.05) is 20.2 Å². The Balaban J connectivity index is 2.07. The van der Waals surface area contributed by atoms with Gasteiger partial charge in [0.1, 0.15) is 5.75 Å². The molecular formula is C18H30N2O. The summed E-state index contributed by atoms with van der Waals surface area (Å²) in [5.41, 5.74) is 1.37. The molecule has 1 aliphatic rings. The highest BCUT2D eigenvalue weighted by Crippen LogP contribution is 2.21. The quantitative estimate of drug-likeness (QED) is 0.901. The van der Waals surface area contributed by atoms with Crippen molar-refractivity contribution >= 4 is 0 Å². The van der Waals surface area contributed by atoms with Crippen molar-refractivity contribution < 1.29 is 4.74 Å². The highest BCUT2D eigenvalue weighted by Gasteiger charge is 2.30. The Labute approximate surface area is 129 Å². The molecular weight excluding hydrogens is 260 g/mol. The van der Waals surface area contributed by atoms with Crippen molar-refractivity contribution in [1.29, 1.82) is 0 Å². The zero-order valence-electron chi connectivity index (χ0n) is 14.1. The fraction of sp³-hybridized carbons (Fsp3) is 0.667. The minimum atomic E-state index is 0.596. The maximum atomic E-state index is 5.24. The smallest absolute Gasteiger partial charge is 0.118 e. The van der Waals surface area contributed by atoms with E-state index in [4.69, 9.17) is 4.74 Å². The molecule has 1 saturated heterocycles. The van der Waals surface area contributed by atoms with E-state index in [-0.39, 0.29) is 0 Å². The minimum Gasteiger partial charge on any atom is -0.497 e. The molecule has 0 spiro atoms. The standard InChI is InChI=1S/C18H30N2O/c1-13(2)17-12-20(18(10-19-17)14(3)4)11-15-6-8-16(21-5)9-7-15/h6-9,13-14,17-19H,10-12H2,1-5H3. The molecule has 0 radical (unpaired) electrons. The maximum absolute atomic E-state index is 5.24. The van der Waals surface area contributed by atoms with Crippen LogP contribution in [0.1, 0.15) is 33.3 Å². The van der Waals surface area contributed by atoms with Gasteiger partial charge in [0.2, 0.25) is 0 Å². The van der Waals surface area contributed by atoms with E-state index in [9.17, 15) is 0 Å². The number of rotatable bonds is 5. The lowest BCUT2D eigenvalue weighted by atomic mass is 9.94. The lowest BCUT2D eigenvalue weighted by molar-refractivity contribution is 0.0783. The van der Waals surface area contributed by atoms with E-state index in [1.807, 2.05) is 0 Å². The second kappa shape index (κ2) is 7.28. The summed E-state index contributed by atoms with van der Waals surface area (Å²) in [5, 5.41) is 3.72. The van der Waals surface area contributed by atoms with Gasteiger partial charge in [-0.05, 0) is 29.5 Å². The first-order valence-electron chi connectivity index (χ1n) is 8.11. The second-order valence-corrected chi connectivity index (χ2v) is 6.85. The topological polar surface area (TPSA) is 24.5 Å². The van der Waals surface area contributed by atoms with Crippen LogP contribution in [-0.4, -0.2) is 37.2 Å². The number of hydrogen-bond acceptors (Lipinski definition) is 3. The van der Waals surface area contributed by atoms with Gasteiger partial charge in [0.15, 0.2) is 0 Å². The lowest BCUT2D eigenvalue weighted by Gasteiger charge is -2.43. The highest BCUT2D eigenvalue weighted by molar-refractivity contribution is 5.27.